The van der Waals surface area contributed by atoms with Crippen LogP contribution >= 0.6 is 0 Å². The average molecular weight is 411 g/mol. The van der Waals surface area contributed by atoms with Gasteiger partial charge in [0, 0.05) is 30.5 Å². The standard InChI is InChI=1S/C22H25N3O5/c1-27-18-11-16(12-19(13-18)28-2)21-23-20(30-24-21)8-9-25(14-17-7-4-10-29-17)22(26)15-5-3-6-15/h4,7,10-13,15H,3,5-6,8-9,14H2,1-2H3. The summed E-state index contributed by atoms with van der Waals surface area (Å²) >= 11 is 0. The Bertz CT molecular complexity index is 956. The van der Waals surface area contributed by atoms with Gasteiger partial charge in [-0.05, 0) is 37.1 Å². The van der Waals surface area contributed by atoms with E-state index in [2.05, 4.69) is 10.1 Å². The van der Waals surface area contributed by atoms with Crippen LogP contribution in [-0.2, 0) is 17.8 Å². The van der Waals surface area contributed by atoms with Crippen molar-refractivity contribution in [1.82, 2.24) is 15.0 Å². The summed E-state index contributed by atoms with van der Waals surface area (Å²) in [4.78, 5) is 19.1. The van der Waals surface area contributed by atoms with E-state index < -0.39 is 0 Å². The summed E-state index contributed by atoms with van der Waals surface area (Å²) < 4.78 is 21.5. The van der Waals surface area contributed by atoms with Crippen LogP contribution in [-0.4, -0.2) is 41.7 Å². The molecule has 0 spiro atoms. The zero-order chi connectivity index (χ0) is 20.9. The largest absolute Gasteiger partial charge is 0.497 e. The summed E-state index contributed by atoms with van der Waals surface area (Å²) in [5, 5.41) is 4.08. The molecule has 4 rings (SSSR count). The van der Waals surface area contributed by atoms with Crippen molar-refractivity contribution in [1.29, 1.82) is 0 Å². The van der Waals surface area contributed by atoms with E-state index in [1.165, 1.54) is 0 Å². The Kier molecular flexibility index (Phi) is 6.02. The van der Waals surface area contributed by atoms with E-state index in [9.17, 15) is 4.79 Å². The second-order valence-electron chi connectivity index (χ2n) is 7.33. The van der Waals surface area contributed by atoms with Gasteiger partial charge in [0.05, 0.1) is 27.0 Å². The summed E-state index contributed by atoms with van der Waals surface area (Å²) in [5.41, 5.74) is 0.735. The van der Waals surface area contributed by atoms with Gasteiger partial charge in [-0.15, -0.1) is 0 Å². The number of amides is 1. The third kappa shape index (κ3) is 4.48. The zero-order valence-electron chi connectivity index (χ0n) is 17.2. The van der Waals surface area contributed by atoms with Gasteiger partial charge in [-0.3, -0.25) is 4.79 Å². The smallest absolute Gasteiger partial charge is 0.228 e. The molecule has 0 radical (unpaired) electrons. The molecule has 0 atom stereocenters. The van der Waals surface area contributed by atoms with Crippen LogP contribution in [0, 0.1) is 5.92 Å². The van der Waals surface area contributed by atoms with Gasteiger partial charge >= 0.3 is 0 Å². The van der Waals surface area contributed by atoms with Crippen molar-refractivity contribution in [2.24, 2.45) is 5.92 Å². The van der Waals surface area contributed by atoms with Crippen LogP contribution in [0.25, 0.3) is 11.4 Å². The Balaban J connectivity index is 1.46. The third-order valence-corrected chi connectivity index (χ3v) is 5.37. The molecule has 1 aliphatic rings. The zero-order valence-corrected chi connectivity index (χ0v) is 17.2. The van der Waals surface area contributed by atoms with Crippen LogP contribution in [0.2, 0.25) is 0 Å². The van der Waals surface area contributed by atoms with Gasteiger partial charge < -0.3 is 23.3 Å². The van der Waals surface area contributed by atoms with Crippen molar-refractivity contribution in [3.63, 3.8) is 0 Å². The molecule has 8 nitrogen and oxygen atoms in total. The predicted molar refractivity (Wildman–Crippen MR) is 108 cm³/mol. The Morgan fingerprint density at radius 2 is 1.97 bits per heavy atom. The van der Waals surface area contributed by atoms with Gasteiger partial charge in [0.1, 0.15) is 17.3 Å². The number of rotatable bonds is 9. The van der Waals surface area contributed by atoms with Crippen LogP contribution in [0.4, 0.5) is 0 Å². The lowest BCUT2D eigenvalue weighted by Crippen LogP contribution is -2.39. The van der Waals surface area contributed by atoms with Gasteiger partial charge in [-0.2, -0.15) is 4.98 Å². The Hall–Kier alpha value is -3.29. The molecule has 1 amide bonds. The molecular formula is C22H25N3O5. The monoisotopic (exact) mass is 411 g/mol. The van der Waals surface area contributed by atoms with Crippen molar-refractivity contribution < 1.29 is 23.2 Å². The van der Waals surface area contributed by atoms with E-state index in [0.29, 0.717) is 42.7 Å². The molecule has 1 saturated carbocycles. The van der Waals surface area contributed by atoms with E-state index in [1.54, 1.807) is 26.5 Å². The predicted octanol–water partition coefficient (Wildman–Crippen LogP) is 3.72. The molecule has 0 N–H and O–H groups in total. The topological polar surface area (TPSA) is 90.8 Å². The maximum absolute atomic E-state index is 12.8. The molecule has 3 aromatic rings. The van der Waals surface area contributed by atoms with Crippen LogP contribution in [0.3, 0.4) is 0 Å². The van der Waals surface area contributed by atoms with Crippen LogP contribution in [0.5, 0.6) is 11.5 Å². The number of carbonyl (C=O) groups excluding carboxylic acids is 1. The summed E-state index contributed by atoms with van der Waals surface area (Å²) in [5.74, 6) is 3.25. The molecule has 0 unspecified atom stereocenters. The minimum Gasteiger partial charge on any atom is -0.497 e. The van der Waals surface area contributed by atoms with Crippen molar-refractivity contribution in [3.05, 3.63) is 48.2 Å². The molecule has 2 aromatic heterocycles. The second kappa shape index (κ2) is 9.02. The molecule has 8 heteroatoms. The second-order valence-corrected chi connectivity index (χ2v) is 7.33. The first-order chi connectivity index (χ1) is 14.7. The maximum Gasteiger partial charge on any atom is 0.228 e. The van der Waals surface area contributed by atoms with Crippen molar-refractivity contribution >= 4 is 5.91 Å². The van der Waals surface area contributed by atoms with Crippen LogP contribution in [0.1, 0.15) is 30.9 Å². The van der Waals surface area contributed by atoms with E-state index in [4.69, 9.17) is 18.4 Å². The first kappa shape index (κ1) is 20.0. The molecule has 1 fully saturated rings. The highest BCUT2D eigenvalue weighted by Gasteiger charge is 2.30. The van der Waals surface area contributed by atoms with Gasteiger partial charge in [0.2, 0.25) is 17.6 Å². The Morgan fingerprint density at radius 1 is 1.20 bits per heavy atom. The highest BCUT2D eigenvalue weighted by molar-refractivity contribution is 5.79. The molecule has 2 heterocycles. The highest BCUT2D eigenvalue weighted by Crippen LogP contribution is 2.30. The number of nitrogens with zero attached hydrogens (tertiary/aromatic N) is 3. The molecule has 0 bridgehead atoms. The minimum absolute atomic E-state index is 0.113. The number of hydrogen-bond donors (Lipinski definition) is 0. The lowest BCUT2D eigenvalue weighted by Gasteiger charge is -2.31. The van der Waals surface area contributed by atoms with Gasteiger partial charge in [0.15, 0.2) is 0 Å². The molecule has 0 saturated heterocycles. The molecular weight excluding hydrogens is 386 g/mol. The summed E-state index contributed by atoms with van der Waals surface area (Å²) in [6.45, 7) is 0.926. The number of hydrogen-bond acceptors (Lipinski definition) is 7. The fourth-order valence-electron chi connectivity index (χ4n) is 3.41. The quantitative estimate of drug-likeness (QED) is 0.530. The SMILES string of the molecule is COc1cc(OC)cc(-c2noc(CCN(Cc3ccco3)C(=O)C3CCC3)n2)c1. The Labute approximate surface area is 174 Å². The van der Waals surface area contributed by atoms with E-state index in [-0.39, 0.29) is 11.8 Å². The fourth-order valence-corrected chi connectivity index (χ4v) is 3.41. The van der Waals surface area contributed by atoms with Crippen molar-refractivity contribution in [2.45, 2.75) is 32.2 Å². The average Bonchev–Trinajstić information content (AvgIpc) is 3.41. The number of furan rings is 1. The van der Waals surface area contributed by atoms with Crippen LogP contribution < -0.4 is 9.47 Å². The molecule has 0 aliphatic heterocycles. The maximum atomic E-state index is 12.8. The van der Waals surface area contributed by atoms with Gasteiger partial charge in [-0.25, -0.2) is 0 Å². The first-order valence-electron chi connectivity index (χ1n) is 10.0. The van der Waals surface area contributed by atoms with Gasteiger partial charge in [-0.1, -0.05) is 11.6 Å². The number of carbonyl (C=O) groups is 1. The number of methoxy groups -OCH3 is 2. The number of benzene rings is 1. The summed E-state index contributed by atoms with van der Waals surface area (Å²) in [6, 6.07) is 9.13. The lowest BCUT2D eigenvalue weighted by atomic mass is 9.84. The third-order valence-electron chi connectivity index (χ3n) is 5.37. The Morgan fingerprint density at radius 3 is 2.57 bits per heavy atom. The number of ether oxygens (including phenoxy) is 2. The summed E-state index contributed by atoms with van der Waals surface area (Å²) in [6.07, 6.45) is 5.11. The normalized spacial score (nSPS) is 13.7. The van der Waals surface area contributed by atoms with Crippen LogP contribution in [0.15, 0.2) is 45.5 Å². The molecule has 158 valence electrons. The minimum atomic E-state index is 0.113. The molecule has 1 aliphatic carbocycles. The summed E-state index contributed by atoms with van der Waals surface area (Å²) in [7, 11) is 3.18. The molecule has 1 aromatic carbocycles. The highest BCUT2D eigenvalue weighted by atomic mass is 16.5. The first-order valence-corrected chi connectivity index (χ1v) is 10.0. The lowest BCUT2D eigenvalue weighted by molar-refractivity contribution is -0.139. The van der Waals surface area contributed by atoms with E-state index in [0.717, 1.165) is 30.6 Å². The number of aromatic nitrogens is 2. The van der Waals surface area contributed by atoms with Gasteiger partial charge in [0.25, 0.3) is 0 Å². The van der Waals surface area contributed by atoms with E-state index in [1.807, 2.05) is 29.2 Å². The van der Waals surface area contributed by atoms with E-state index >= 15 is 0 Å². The fraction of sp³-hybridized carbons (Fsp3) is 0.409. The van der Waals surface area contributed by atoms with Crippen molar-refractivity contribution in [2.75, 3.05) is 20.8 Å². The molecule has 30 heavy (non-hydrogen) atoms. The van der Waals surface area contributed by atoms with Crippen molar-refractivity contribution in [3.8, 4) is 22.9 Å².